The Morgan fingerprint density at radius 2 is 1.16 bits per heavy atom. The molecule has 8 rings (SSSR count). The van der Waals surface area contributed by atoms with Crippen LogP contribution in [0.2, 0.25) is 0 Å². The Hall–Kier alpha value is -6.27. The van der Waals surface area contributed by atoms with Gasteiger partial charge in [-0.05, 0) is 71.8 Å². The lowest BCUT2D eigenvalue weighted by atomic mass is 10.0. The molecule has 6 N–H and O–H groups in total. The van der Waals surface area contributed by atoms with E-state index in [0.29, 0.717) is 11.4 Å². The molecule has 2 heterocycles. The Morgan fingerprint density at radius 1 is 0.533 bits per heavy atom. The lowest BCUT2D eigenvalue weighted by molar-refractivity contribution is 1.14. The van der Waals surface area contributed by atoms with Crippen LogP contribution in [0.25, 0.3) is 55.2 Å². The Balaban J connectivity index is 1.47. The molecule has 0 radical (unpaired) electrons. The number of anilines is 3. The minimum absolute atomic E-state index is 0.0271. The number of hydrogen-bond donors (Lipinski definition) is 4. The zero-order chi connectivity index (χ0) is 30.5. The van der Waals surface area contributed by atoms with Gasteiger partial charge < -0.3 is 21.4 Å². The number of nitrogens with zero attached hydrogens (tertiary/aromatic N) is 2. The molecular formula is C39H30N6. The summed E-state index contributed by atoms with van der Waals surface area (Å²) >= 11 is 0. The van der Waals surface area contributed by atoms with Gasteiger partial charge >= 0.3 is 0 Å². The number of nitrogens with two attached hydrogens (primary N) is 2. The van der Waals surface area contributed by atoms with Crippen molar-refractivity contribution in [3.8, 4) is 22.5 Å². The lowest BCUT2D eigenvalue weighted by Gasteiger charge is -2.13. The van der Waals surface area contributed by atoms with Crippen LogP contribution in [0.15, 0.2) is 146 Å². The molecule has 0 bridgehead atoms. The first-order valence-electron chi connectivity index (χ1n) is 14.9. The quantitative estimate of drug-likeness (QED) is 0.116. The summed E-state index contributed by atoms with van der Waals surface area (Å²) < 4.78 is 4.39. The lowest BCUT2D eigenvalue weighted by Crippen LogP contribution is -2.12. The molecule has 45 heavy (non-hydrogen) atoms. The van der Waals surface area contributed by atoms with Crippen molar-refractivity contribution < 1.29 is 0 Å². The molecule has 6 aromatic carbocycles. The van der Waals surface area contributed by atoms with Gasteiger partial charge in [0.1, 0.15) is 11.7 Å². The van der Waals surface area contributed by atoms with Gasteiger partial charge in [-0.25, -0.2) is 0 Å². The highest BCUT2D eigenvalue weighted by molar-refractivity contribution is 6.17. The van der Waals surface area contributed by atoms with E-state index >= 15 is 0 Å². The standard InChI is InChI=1S/C39H30N6/c40-38(41)27-20-26(25-12-4-1-5-13-25)21-30(22-27)44-34-19-11-10-18-31(34)32-23-36-33(24-35(32)44)37(43-28-14-6-2-7-15-28)39(42)45(36)29-16-8-3-9-17-29/h1-24,43H,42H2,(H3,40,41). The van der Waals surface area contributed by atoms with Crippen molar-refractivity contribution in [2.75, 3.05) is 11.1 Å². The van der Waals surface area contributed by atoms with Crippen molar-refractivity contribution in [1.29, 1.82) is 5.41 Å². The molecule has 6 nitrogen and oxygen atoms in total. The highest BCUT2D eigenvalue weighted by Crippen LogP contribution is 2.43. The van der Waals surface area contributed by atoms with Crippen LogP contribution in [-0.4, -0.2) is 15.0 Å². The molecule has 0 amide bonds. The van der Waals surface area contributed by atoms with Crippen LogP contribution in [0, 0.1) is 5.41 Å². The first-order valence-corrected chi connectivity index (χ1v) is 14.9. The Morgan fingerprint density at radius 3 is 1.89 bits per heavy atom. The van der Waals surface area contributed by atoms with Gasteiger partial charge in [0.05, 0.1) is 22.2 Å². The van der Waals surface area contributed by atoms with Crippen LogP contribution in [0.5, 0.6) is 0 Å². The number of aromatic nitrogens is 2. The molecular weight excluding hydrogens is 552 g/mol. The first-order chi connectivity index (χ1) is 22.1. The fourth-order valence-electron chi connectivity index (χ4n) is 6.39. The van der Waals surface area contributed by atoms with E-state index in [4.69, 9.17) is 16.9 Å². The van der Waals surface area contributed by atoms with E-state index in [1.807, 2.05) is 78.9 Å². The van der Waals surface area contributed by atoms with Crippen molar-refractivity contribution in [2.45, 2.75) is 0 Å². The molecule has 0 fully saturated rings. The molecule has 0 spiro atoms. The summed E-state index contributed by atoms with van der Waals surface area (Å²) in [5, 5.41) is 15.2. The van der Waals surface area contributed by atoms with Gasteiger partial charge in [0.15, 0.2) is 0 Å². The minimum atomic E-state index is 0.0271. The molecule has 6 heteroatoms. The summed E-state index contributed by atoms with van der Waals surface area (Å²) in [5.74, 6) is 0.660. The Kier molecular flexibility index (Phi) is 6.13. The summed E-state index contributed by atoms with van der Waals surface area (Å²) in [5.41, 5.74) is 22.6. The summed E-state index contributed by atoms with van der Waals surface area (Å²) in [4.78, 5) is 0. The average Bonchev–Trinajstić information content (AvgIpc) is 3.55. The second-order valence-corrected chi connectivity index (χ2v) is 11.2. The number of amidine groups is 1. The zero-order valence-corrected chi connectivity index (χ0v) is 24.4. The molecule has 0 saturated heterocycles. The van der Waals surface area contributed by atoms with Crippen LogP contribution in [0.4, 0.5) is 17.2 Å². The van der Waals surface area contributed by atoms with Crippen LogP contribution < -0.4 is 16.8 Å². The maximum atomic E-state index is 8.34. The Bertz CT molecular complexity index is 2370. The van der Waals surface area contributed by atoms with Crippen molar-refractivity contribution in [3.63, 3.8) is 0 Å². The van der Waals surface area contributed by atoms with Gasteiger partial charge in [0.25, 0.3) is 0 Å². The molecule has 0 aliphatic carbocycles. The zero-order valence-electron chi connectivity index (χ0n) is 24.4. The monoisotopic (exact) mass is 582 g/mol. The van der Waals surface area contributed by atoms with E-state index in [1.165, 1.54) is 0 Å². The SMILES string of the molecule is N=C(N)c1cc(-c2ccccc2)cc(-n2c3ccccc3c3cc4c(cc32)c(Nc2ccccc2)c(N)n4-c2ccccc2)c1. The van der Waals surface area contributed by atoms with Gasteiger partial charge in [-0.2, -0.15) is 0 Å². The van der Waals surface area contributed by atoms with Crippen molar-refractivity contribution in [1.82, 2.24) is 9.13 Å². The molecule has 0 saturated carbocycles. The van der Waals surface area contributed by atoms with E-state index in [2.05, 4.69) is 81.2 Å². The predicted octanol–water partition coefficient (Wildman–Crippen LogP) is 9.00. The van der Waals surface area contributed by atoms with E-state index in [0.717, 1.165) is 66.6 Å². The van der Waals surface area contributed by atoms with Crippen LogP contribution in [-0.2, 0) is 0 Å². The highest BCUT2D eigenvalue weighted by Gasteiger charge is 2.21. The maximum Gasteiger partial charge on any atom is 0.133 e. The van der Waals surface area contributed by atoms with E-state index < -0.39 is 0 Å². The third kappa shape index (κ3) is 4.39. The van der Waals surface area contributed by atoms with E-state index in [-0.39, 0.29) is 5.84 Å². The average molecular weight is 583 g/mol. The number of nitrogen functional groups attached to an aromatic ring is 2. The molecule has 0 atom stereocenters. The number of hydrogen-bond acceptors (Lipinski definition) is 3. The molecule has 0 unspecified atom stereocenters. The summed E-state index contributed by atoms with van der Waals surface area (Å²) in [6.45, 7) is 0. The normalized spacial score (nSPS) is 11.4. The Labute approximate surface area is 260 Å². The summed E-state index contributed by atoms with van der Waals surface area (Å²) in [6, 6.07) is 49.6. The second kappa shape index (κ2) is 10.5. The number of rotatable bonds is 6. The van der Waals surface area contributed by atoms with Crippen LogP contribution in [0.3, 0.4) is 0 Å². The second-order valence-electron chi connectivity index (χ2n) is 11.2. The predicted molar refractivity (Wildman–Crippen MR) is 188 cm³/mol. The summed E-state index contributed by atoms with van der Waals surface area (Å²) in [6.07, 6.45) is 0. The maximum absolute atomic E-state index is 8.34. The minimum Gasteiger partial charge on any atom is -0.384 e. The van der Waals surface area contributed by atoms with Gasteiger partial charge in [-0.15, -0.1) is 0 Å². The van der Waals surface area contributed by atoms with Gasteiger partial charge in [-0.3, -0.25) is 9.98 Å². The molecule has 216 valence electrons. The fraction of sp³-hybridized carbons (Fsp3) is 0. The number of para-hydroxylation sites is 3. The molecule has 8 aromatic rings. The van der Waals surface area contributed by atoms with E-state index in [9.17, 15) is 0 Å². The highest BCUT2D eigenvalue weighted by atomic mass is 15.1. The van der Waals surface area contributed by atoms with Gasteiger partial charge in [0.2, 0.25) is 0 Å². The number of nitrogens with one attached hydrogen (secondary N) is 2. The van der Waals surface area contributed by atoms with Crippen molar-refractivity contribution in [2.24, 2.45) is 5.73 Å². The van der Waals surface area contributed by atoms with E-state index in [1.54, 1.807) is 0 Å². The molecule has 2 aromatic heterocycles. The fourth-order valence-corrected chi connectivity index (χ4v) is 6.39. The first kappa shape index (κ1) is 26.4. The van der Waals surface area contributed by atoms with Gasteiger partial charge in [0, 0.05) is 38.8 Å². The number of fused-ring (bicyclic) bond motifs is 4. The van der Waals surface area contributed by atoms with Crippen LogP contribution >= 0.6 is 0 Å². The third-order valence-corrected chi connectivity index (χ3v) is 8.45. The van der Waals surface area contributed by atoms with Gasteiger partial charge in [-0.1, -0.05) is 84.9 Å². The van der Waals surface area contributed by atoms with Crippen molar-refractivity contribution >= 4 is 55.7 Å². The smallest absolute Gasteiger partial charge is 0.133 e. The number of benzene rings is 6. The topological polar surface area (TPSA) is 97.8 Å². The molecule has 0 aliphatic heterocycles. The van der Waals surface area contributed by atoms with Crippen molar-refractivity contribution in [3.05, 3.63) is 151 Å². The van der Waals surface area contributed by atoms with Crippen LogP contribution in [0.1, 0.15) is 5.56 Å². The summed E-state index contributed by atoms with van der Waals surface area (Å²) in [7, 11) is 0. The largest absolute Gasteiger partial charge is 0.384 e. The molecule has 0 aliphatic rings. The third-order valence-electron chi connectivity index (χ3n) is 8.45.